The van der Waals surface area contributed by atoms with Gasteiger partial charge in [-0.25, -0.2) is 0 Å². The zero-order valence-electron chi connectivity index (χ0n) is 24.1. The number of rotatable bonds is 10. The van der Waals surface area contributed by atoms with Crippen molar-refractivity contribution in [2.45, 2.75) is 45.4 Å². The number of hydrogen-bond donors (Lipinski definition) is 0. The molecule has 41 heavy (non-hydrogen) atoms. The molecule has 0 aromatic heterocycles. The fourth-order valence-electron chi connectivity index (χ4n) is 5.32. The number of benzene rings is 3. The van der Waals surface area contributed by atoms with Gasteiger partial charge in [-0.3, -0.25) is 20.2 Å². The monoisotopic (exact) mass is 553 g/mol. The molecule has 0 fully saturated rings. The maximum atomic E-state index is 11.5. The number of hydrogen-bond acceptors (Lipinski definition) is 6. The van der Waals surface area contributed by atoms with E-state index in [4.69, 9.17) is 4.74 Å². The number of fused-ring (bicyclic) bond motifs is 1. The minimum atomic E-state index is -0.552. The summed E-state index contributed by atoms with van der Waals surface area (Å²) in [6.07, 6.45) is 5.86. The third kappa shape index (κ3) is 5.91. The van der Waals surface area contributed by atoms with E-state index < -0.39 is 10.8 Å². The van der Waals surface area contributed by atoms with Gasteiger partial charge in [0.05, 0.1) is 16.4 Å². The lowest BCUT2D eigenvalue weighted by molar-refractivity contribution is -0.385. The standard InChI is InChI=1S/C33H35N3O5/c1-23-15-16-25(35(37)38)21-28(23)32(3,4)24(2)11-10-14-31-33(5,6)29-22-26(36(39)40)17-18-30(29)34(31)19-20-41-27-12-8-7-9-13-27/h7-18,21-22H,2,19-20H2,1,3-6H3/b11-10+,31-14+. The quantitative estimate of drug-likeness (QED) is 0.143. The normalized spacial score (nSPS) is 15.2. The molecule has 212 valence electrons. The molecular weight excluding hydrogens is 518 g/mol. The number of anilines is 1. The Morgan fingerprint density at radius 1 is 1.00 bits per heavy atom. The molecule has 0 aliphatic carbocycles. The van der Waals surface area contributed by atoms with Crippen LogP contribution in [0.3, 0.4) is 0 Å². The Balaban J connectivity index is 1.65. The molecular formula is C33H35N3O5. The lowest BCUT2D eigenvalue weighted by Gasteiger charge is -2.28. The summed E-state index contributed by atoms with van der Waals surface area (Å²) in [6, 6.07) is 19.5. The second-order valence-electron chi connectivity index (χ2n) is 11.2. The average molecular weight is 554 g/mol. The van der Waals surface area contributed by atoms with Gasteiger partial charge in [-0.05, 0) is 53.5 Å². The van der Waals surface area contributed by atoms with Crippen molar-refractivity contribution in [3.8, 4) is 5.75 Å². The van der Waals surface area contributed by atoms with Crippen molar-refractivity contribution >= 4 is 17.1 Å². The molecule has 0 saturated heterocycles. The number of aryl methyl sites for hydroxylation is 1. The van der Waals surface area contributed by atoms with Crippen LogP contribution in [0.15, 0.2) is 103 Å². The number of allylic oxidation sites excluding steroid dienone is 5. The minimum absolute atomic E-state index is 0.0468. The number of non-ortho nitro benzene ring substituents is 2. The van der Waals surface area contributed by atoms with Crippen molar-refractivity contribution in [1.29, 1.82) is 0 Å². The first kappa shape index (κ1) is 29.3. The van der Waals surface area contributed by atoms with E-state index >= 15 is 0 Å². The summed E-state index contributed by atoms with van der Waals surface area (Å²) in [7, 11) is 0. The van der Waals surface area contributed by atoms with E-state index in [0.29, 0.717) is 13.2 Å². The lowest BCUT2D eigenvalue weighted by atomic mass is 9.76. The van der Waals surface area contributed by atoms with E-state index in [1.165, 1.54) is 12.1 Å². The number of nitro benzene ring substituents is 2. The zero-order chi connectivity index (χ0) is 29.9. The van der Waals surface area contributed by atoms with Crippen LogP contribution in [-0.4, -0.2) is 23.0 Å². The molecule has 1 aliphatic heterocycles. The van der Waals surface area contributed by atoms with Crippen LogP contribution in [0.25, 0.3) is 0 Å². The van der Waals surface area contributed by atoms with E-state index in [0.717, 1.165) is 39.4 Å². The number of para-hydroxylation sites is 1. The third-order valence-electron chi connectivity index (χ3n) is 7.87. The summed E-state index contributed by atoms with van der Waals surface area (Å²) < 4.78 is 5.98. The molecule has 0 atom stereocenters. The molecule has 0 unspecified atom stereocenters. The molecule has 0 saturated carbocycles. The molecule has 0 radical (unpaired) electrons. The summed E-state index contributed by atoms with van der Waals surface area (Å²) in [5.74, 6) is 0.773. The van der Waals surface area contributed by atoms with E-state index in [9.17, 15) is 20.2 Å². The summed E-state index contributed by atoms with van der Waals surface area (Å²) in [5, 5.41) is 22.9. The van der Waals surface area contributed by atoms with Gasteiger partial charge in [0.2, 0.25) is 0 Å². The van der Waals surface area contributed by atoms with Crippen LogP contribution in [0, 0.1) is 27.2 Å². The molecule has 4 rings (SSSR count). The van der Waals surface area contributed by atoms with Gasteiger partial charge in [-0.2, -0.15) is 0 Å². The molecule has 0 amide bonds. The van der Waals surface area contributed by atoms with Crippen molar-refractivity contribution in [2.75, 3.05) is 18.1 Å². The third-order valence-corrected chi connectivity index (χ3v) is 7.87. The van der Waals surface area contributed by atoms with Crippen LogP contribution < -0.4 is 9.64 Å². The van der Waals surface area contributed by atoms with Gasteiger partial charge >= 0.3 is 0 Å². The summed E-state index contributed by atoms with van der Waals surface area (Å²) >= 11 is 0. The molecule has 8 nitrogen and oxygen atoms in total. The second-order valence-corrected chi connectivity index (χ2v) is 11.2. The zero-order valence-corrected chi connectivity index (χ0v) is 24.1. The maximum Gasteiger partial charge on any atom is 0.269 e. The smallest absolute Gasteiger partial charge is 0.269 e. The van der Waals surface area contributed by atoms with Gasteiger partial charge in [-0.1, -0.05) is 70.7 Å². The number of ether oxygens (including phenoxy) is 1. The first-order valence-corrected chi connectivity index (χ1v) is 13.4. The molecule has 0 N–H and O–H groups in total. The van der Waals surface area contributed by atoms with Crippen LogP contribution in [0.5, 0.6) is 5.75 Å². The maximum absolute atomic E-state index is 11.5. The van der Waals surface area contributed by atoms with Crippen LogP contribution >= 0.6 is 0 Å². The summed E-state index contributed by atoms with van der Waals surface area (Å²) in [5.41, 5.74) is 4.37. The van der Waals surface area contributed by atoms with Crippen LogP contribution in [-0.2, 0) is 10.8 Å². The van der Waals surface area contributed by atoms with E-state index in [1.54, 1.807) is 24.3 Å². The van der Waals surface area contributed by atoms with Crippen LogP contribution in [0.1, 0.15) is 44.4 Å². The minimum Gasteiger partial charge on any atom is -0.492 e. The van der Waals surface area contributed by atoms with Gasteiger partial charge in [0, 0.05) is 46.5 Å². The predicted molar refractivity (Wildman–Crippen MR) is 163 cm³/mol. The van der Waals surface area contributed by atoms with Gasteiger partial charge in [-0.15, -0.1) is 0 Å². The van der Waals surface area contributed by atoms with Gasteiger partial charge in [0.1, 0.15) is 12.4 Å². The van der Waals surface area contributed by atoms with E-state index in [1.807, 2.05) is 69.3 Å². The van der Waals surface area contributed by atoms with Crippen molar-refractivity contribution in [3.63, 3.8) is 0 Å². The molecule has 3 aromatic rings. The predicted octanol–water partition coefficient (Wildman–Crippen LogP) is 7.96. The number of nitrogens with zero attached hydrogens (tertiary/aromatic N) is 3. The number of nitro groups is 2. The first-order chi connectivity index (χ1) is 19.3. The molecule has 3 aromatic carbocycles. The Morgan fingerprint density at radius 2 is 1.63 bits per heavy atom. The van der Waals surface area contributed by atoms with Crippen molar-refractivity contribution in [2.24, 2.45) is 0 Å². The molecule has 0 bridgehead atoms. The Hall–Kier alpha value is -4.72. The average Bonchev–Trinajstić information content (AvgIpc) is 3.14. The molecule has 1 heterocycles. The Bertz CT molecular complexity index is 1550. The van der Waals surface area contributed by atoms with Gasteiger partial charge in [0.15, 0.2) is 0 Å². The largest absolute Gasteiger partial charge is 0.492 e. The van der Waals surface area contributed by atoms with Crippen LogP contribution in [0.4, 0.5) is 17.1 Å². The van der Waals surface area contributed by atoms with Crippen molar-refractivity contribution in [3.05, 3.63) is 140 Å². The molecule has 8 heteroatoms. The summed E-state index contributed by atoms with van der Waals surface area (Å²) in [4.78, 5) is 24.3. The first-order valence-electron chi connectivity index (χ1n) is 13.4. The molecule has 0 spiro atoms. The van der Waals surface area contributed by atoms with Gasteiger partial charge in [0.25, 0.3) is 11.4 Å². The highest BCUT2D eigenvalue weighted by atomic mass is 16.6. The second kappa shape index (κ2) is 11.4. The summed E-state index contributed by atoms with van der Waals surface area (Å²) in [6.45, 7) is 15.3. The fourth-order valence-corrected chi connectivity index (χ4v) is 5.32. The van der Waals surface area contributed by atoms with Crippen LogP contribution in [0.2, 0.25) is 0 Å². The highest BCUT2D eigenvalue weighted by Gasteiger charge is 2.41. The highest BCUT2D eigenvalue weighted by Crippen LogP contribution is 2.49. The Labute approximate surface area is 240 Å². The Morgan fingerprint density at radius 3 is 2.29 bits per heavy atom. The van der Waals surface area contributed by atoms with Gasteiger partial charge < -0.3 is 9.64 Å². The van der Waals surface area contributed by atoms with E-state index in [-0.39, 0.29) is 21.2 Å². The molecule has 1 aliphatic rings. The fraction of sp³-hybridized carbons (Fsp3) is 0.273. The SMILES string of the molecule is C=C(/C=C/C=C1/N(CCOc2ccccc2)c2ccc([N+](=O)[O-])cc2C1(C)C)C(C)(C)c1cc([N+](=O)[O-])ccc1C. The van der Waals surface area contributed by atoms with Crippen molar-refractivity contribution < 1.29 is 14.6 Å². The van der Waals surface area contributed by atoms with Crippen molar-refractivity contribution in [1.82, 2.24) is 0 Å². The Kier molecular flexibility index (Phi) is 8.14. The van der Waals surface area contributed by atoms with E-state index in [2.05, 4.69) is 25.3 Å². The topological polar surface area (TPSA) is 98.8 Å². The lowest BCUT2D eigenvalue weighted by Crippen LogP contribution is -2.29. The highest BCUT2D eigenvalue weighted by molar-refractivity contribution is 5.72.